The number of hydrogen-bond donors (Lipinski definition) is 3. The Kier molecular flexibility index (Phi) is 5.65. The second-order valence-electron chi connectivity index (χ2n) is 4.69. The summed E-state index contributed by atoms with van der Waals surface area (Å²) >= 11 is 0. The van der Waals surface area contributed by atoms with E-state index in [0.29, 0.717) is 11.5 Å². The van der Waals surface area contributed by atoms with E-state index < -0.39 is 5.97 Å². The molecule has 0 saturated heterocycles. The van der Waals surface area contributed by atoms with Gasteiger partial charge in [-0.05, 0) is 49.4 Å². The number of carboxylic acid groups (broad SMARTS) is 1. The first-order chi connectivity index (χ1) is 8.54. The van der Waals surface area contributed by atoms with Gasteiger partial charge in [-0.1, -0.05) is 6.92 Å². The first-order valence-corrected chi connectivity index (χ1v) is 6.23. The highest BCUT2D eigenvalue weighted by molar-refractivity contribution is 5.88. The Hall–Kier alpha value is -1.55. The van der Waals surface area contributed by atoms with Crippen molar-refractivity contribution in [2.45, 2.75) is 26.7 Å². The maximum absolute atomic E-state index is 10.8. The van der Waals surface area contributed by atoms with Crippen LogP contribution in [0.3, 0.4) is 0 Å². The van der Waals surface area contributed by atoms with Crippen LogP contribution in [0, 0.1) is 12.8 Å². The van der Waals surface area contributed by atoms with Crippen LogP contribution in [0.2, 0.25) is 0 Å². The minimum atomic E-state index is -0.901. The number of anilines is 1. The standard InChI is InChI=1S/C14H21NO3/c1-10(9-16)4-3-7-15-13-6-5-12(14(17)18)8-11(13)2/h5-6,8,10,15-16H,3-4,7,9H2,1-2H3,(H,17,18). The number of carboxylic acids is 1. The van der Waals surface area contributed by atoms with E-state index in [1.165, 1.54) is 0 Å². The fraction of sp³-hybridized carbons (Fsp3) is 0.500. The van der Waals surface area contributed by atoms with E-state index >= 15 is 0 Å². The van der Waals surface area contributed by atoms with E-state index in [-0.39, 0.29) is 6.61 Å². The number of aromatic carboxylic acids is 1. The summed E-state index contributed by atoms with van der Waals surface area (Å²) < 4.78 is 0. The third kappa shape index (κ3) is 4.37. The molecule has 0 aliphatic carbocycles. The van der Waals surface area contributed by atoms with E-state index in [2.05, 4.69) is 5.32 Å². The Bertz CT molecular complexity index is 404. The number of hydrogen-bond acceptors (Lipinski definition) is 3. The number of rotatable bonds is 7. The van der Waals surface area contributed by atoms with Crippen molar-refractivity contribution >= 4 is 11.7 Å². The lowest BCUT2D eigenvalue weighted by Gasteiger charge is -2.11. The molecule has 1 atom stereocenters. The highest BCUT2D eigenvalue weighted by Crippen LogP contribution is 2.17. The van der Waals surface area contributed by atoms with Gasteiger partial charge in [0.05, 0.1) is 5.56 Å². The van der Waals surface area contributed by atoms with E-state index in [9.17, 15) is 4.79 Å². The molecule has 0 heterocycles. The average molecular weight is 251 g/mol. The number of aliphatic hydroxyl groups excluding tert-OH is 1. The molecule has 3 N–H and O–H groups in total. The molecule has 0 fully saturated rings. The number of aliphatic hydroxyl groups is 1. The molecule has 1 aromatic rings. The minimum absolute atomic E-state index is 0.229. The molecule has 0 spiro atoms. The summed E-state index contributed by atoms with van der Waals surface area (Å²) in [6.07, 6.45) is 1.97. The second-order valence-corrected chi connectivity index (χ2v) is 4.69. The van der Waals surface area contributed by atoms with Crippen LogP contribution in [-0.2, 0) is 0 Å². The smallest absolute Gasteiger partial charge is 0.335 e. The van der Waals surface area contributed by atoms with Crippen molar-refractivity contribution in [1.82, 2.24) is 0 Å². The summed E-state index contributed by atoms with van der Waals surface area (Å²) in [4.78, 5) is 10.8. The Morgan fingerprint density at radius 2 is 2.17 bits per heavy atom. The van der Waals surface area contributed by atoms with Gasteiger partial charge in [-0.3, -0.25) is 0 Å². The fourth-order valence-electron chi connectivity index (χ4n) is 1.76. The van der Waals surface area contributed by atoms with Crippen LogP contribution in [0.5, 0.6) is 0 Å². The molecule has 1 aromatic carbocycles. The predicted molar refractivity (Wildman–Crippen MR) is 72.1 cm³/mol. The van der Waals surface area contributed by atoms with E-state index in [1.54, 1.807) is 18.2 Å². The molecule has 0 aromatic heterocycles. The lowest BCUT2D eigenvalue weighted by atomic mass is 10.1. The molecular weight excluding hydrogens is 230 g/mol. The number of aryl methyl sites for hydroxylation is 1. The predicted octanol–water partition coefficient (Wildman–Crippen LogP) is 2.51. The Balaban J connectivity index is 2.46. The molecule has 0 saturated carbocycles. The van der Waals surface area contributed by atoms with Gasteiger partial charge >= 0.3 is 5.97 Å². The van der Waals surface area contributed by atoms with Crippen LogP contribution in [0.1, 0.15) is 35.7 Å². The summed E-state index contributed by atoms with van der Waals surface area (Å²) in [6.45, 7) is 4.97. The van der Waals surface area contributed by atoms with E-state index in [4.69, 9.17) is 10.2 Å². The van der Waals surface area contributed by atoms with Gasteiger partial charge in [0.1, 0.15) is 0 Å². The number of carbonyl (C=O) groups is 1. The van der Waals surface area contributed by atoms with Crippen LogP contribution in [-0.4, -0.2) is 29.3 Å². The molecule has 0 aliphatic heterocycles. The van der Waals surface area contributed by atoms with Crippen molar-refractivity contribution in [2.24, 2.45) is 5.92 Å². The molecule has 0 radical (unpaired) electrons. The van der Waals surface area contributed by atoms with E-state index in [1.807, 2.05) is 13.8 Å². The fourth-order valence-corrected chi connectivity index (χ4v) is 1.76. The van der Waals surface area contributed by atoms with Crippen molar-refractivity contribution in [1.29, 1.82) is 0 Å². The summed E-state index contributed by atoms with van der Waals surface area (Å²) in [5.74, 6) is -0.566. The molecule has 18 heavy (non-hydrogen) atoms. The molecule has 4 nitrogen and oxygen atoms in total. The van der Waals surface area contributed by atoms with Crippen molar-refractivity contribution < 1.29 is 15.0 Å². The van der Waals surface area contributed by atoms with Crippen molar-refractivity contribution in [2.75, 3.05) is 18.5 Å². The lowest BCUT2D eigenvalue weighted by molar-refractivity contribution is 0.0697. The van der Waals surface area contributed by atoms with Gasteiger partial charge in [0.15, 0.2) is 0 Å². The summed E-state index contributed by atoms with van der Waals surface area (Å²) in [5, 5.41) is 21.0. The van der Waals surface area contributed by atoms with Gasteiger partial charge in [0.2, 0.25) is 0 Å². The molecule has 4 heteroatoms. The lowest BCUT2D eigenvalue weighted by Crippen LogP contribution is -2.07. The first-order valence-electron chi connectivity index (χ1n) is 6.23. The van der Waals surface area contributed by atoms with Crippen molar-refractivity contribution in [3.05, 3.63) is 29.3 Å². The van der Waals surface area contributed by atoms with Crippen LogP contribution in [0.4, 0.5) is 5.69 Å². The quantitative estimate of drug-likeness (QED) is 0.651. The topological polar surface area (TPSA) is 69.6 Å². The highest BCUT2D eigenvalue weighted by Gasteiger charge is 2.05. The monoisotopic (exact) mass is 251 g/mol. The van der Waals surface area contributed by atoms with Crippen molar-refractivity contribution in [3.8, 4) is 0 Å². The molecule has 0 amide bonds. The summed E-state index contributed by atoms with van der Waals surface area (Å²) in [7, 11) is 0. The Morgan fingerprint density at radius 3 is 2.72 bits per heavy atom. The molecule has 0 aliphatic rings. The normalized spacial score (nSPS) is 12.2. The van der Waals surface area contributed by atoms with Gasteiger partial charge < -0.3 is 15.5 Å². The van der Waals surface area contributed by atoms with Gasteiger partial charge in [-0.2, -0.15) is 0 Å². The second kappa shape index (κ2) is 7.01. The van der Waals surface area contributed by atoms with Crippen LogP contribution in [0.25, 0.3) is 0 Å². The molecule has 1 rings (SSSR count). The van der Waals surface area contributed by atoms with Crippen molar-refractivity contribution in [3.63, 3.8) is 0 Å². The van der Waals surface area contributed by atoms with Crippen LogP contribution < -0.4 is 5.32 Å². The SMILES string of the molecule is Cc1cc(C(=O)O)ccc1NCCCC(C)CO. The molecule has 100 valence electrons. The molecule has 1 unspecified atom stereocenters. The summed E-state index contributed by atoms with van der Waals surface area (Å²) in [5.41, 5.74) is 2.22. The zero-order valence-corrected chi connectivity index (χ0v) is 10.9. The maximum atomic E-state index is 10.8. The molecular formula is C14H21NO3. The number of nitrogens with one attached hydrogen (secondary N) is 1. The minimum Gasteiger partial charge on any atom is -0.478 e. The van der Waals surface area contributed by atoms with Gasteiger partial charge in [0.25, 0.3) is 0 Å². The highest BCUT2D eigenvalue weighted by atomic mass is 16.4. The molecule has 0 bridgehead atoms. The van der Waals surface area contributed by atoms with Crippen LogP contribution in [0.15, 0.2) is 18.2 Å². The Labute approximate surface area is 108 Å². The first kappa shape index (κ1) is 14.5. The zero-order valence-electron chi connectivity index (χ0n) is 10.9. The van der Waals surface area contributed by atoms with E-state index in [0.717, 1.165) is 30.6 Å². The average Bonchev–Trinajstić information content (AvgIpc) is 2.35. The van der Waals surface area contributed by atoms with Gasteiger partial charge in [0, 0.05) is 18.8 Å². The Morgan fingerprint density at radius 1 is 1.44 bits per heavy atom. The van der Waals surface area contributed by atoms with Crippen LogP contribution >= 0.6 is 0 Å². The van der Waals surface area contributed by atoms with Gasteiger partial charge in [-0.25, -0.2) is 4.79 Å². The summed E-state index contributed by atoms with van der Waals surface area (Å²) in [6, 6.07) is 5.07. The largest absolute Gasteiger partial charge is 0.478 e. The third-order valence-corrected chi connectivity index (χ3v) is 2.97. The third-order valence-electron chi connectivity index (χ3n) is 2.97. The maximum Gasteiger partial charge on any atom is 0.335 e. The number of benzene rings is 1. The zero-order chi connectivity index (χ0) is 13.5. The van der Waals surface area contributed by atoms with Gasteiger partial charge in [-0.15, -0.1) is 0 Å².